The molecule has 2 aromatic carbocycles. The molecule has 15 heteroatoms. The molecule has 0 aliphatic carbocycles. The van der Waals surface area contributed by atoms with Crippen LogP contribution in [0.5, 0.6) is 0 Å². The minimum absolute atomic E-state index is 0.00693. The summed E-state index contributed by atoms with van der Waals surface area (Å²) in [4.78, 5) is 83.4. The third-order valence-corrected chi connectivity index (χ3v) is 9.21. The fourth-order valence-electron chi connectivity index (χ4n) is 5.34. The van der Waals surface area contributed by atoms with Gasteiger partial charge < -0.3 is 38.4 Å². The van der Waals surface area contributed by atoms with Crippen LogP contribution in [-0.4, -0.2) is 74.2 Å². The smallest absolute Gasteiger partial charge is 0.355 e. The zero-order chi connectivity index (χ0) is 38.3. The lowest BCUT2D eigenvalue weighted by molar-refractivity contribution is -0.141. The van der Waals surface area contributed by atoms with Crippen molar-refractivity contribution in [2.75, 3.05) is 28.4 Å². The van der Waals surface area contributed by atoms with Crippen molar-refractivity contribution in [3.05, 3.63) is 105 Å². The zero-order valence-electron chi connectivity index (χ0n) is 29.7. The number of hydrogen-bond donors (Lipinski definition) is 2. The SMILES string of the molecule is COC(=O)CCc1c(C(=O)OCc2ccccc2)[nH]c(Sc2[nH]c(C(=O)OCc3ccccc3)c(CCC(=O)OC)c2CC(=O)OC)c1CC(=O)OC. The first-order chi connectivity index (χ1) is 25.6. The van der Waals surface area contributed by atoms with Gasteiger partial charge in [-0.3, -0.25) is 19.2 Å². The molecule has 0 aliphatic heterocycles. The molecule has 0 aliphatic rings. The second-order valence-corrected chi connectivity index (χ2v) is 12.5. The van der Waals surface area contributed by atoms with Crippen LogP contribution in [0.2, 0.25) is 0 Å². The molecule has 0 fully saturated rings. The van der Waals surface area contributed by atoms with E-state index in [0.717, 1.165) is 22.9 Å². The summed E-state index contributed by atoms with van der Waals surface area (Å²) in [5.74, 6) is -3.88. The number of esters is 6. The lowest BCUT2D eigenvalue weighted by atomic mass is 10.0. The molecule has 2 heterocycles. The number of methoxy groups -OCH3 is 4. The first-order valence-electron chi connectivity index (χ1n) is 16.4. The van der Waals surface area contributed by atoms with Crippen LogP contribution >= 0.6 is 11.8 Å². The lowest BCUT2D eigenvalue weighted by Gasteiger charge is -2.09. The van der Waals surface area contributed by atoms with Gasteiger partial charge in [-0.15, -0.1) is 0 Å². The summed E-state index contributed by atoms with van der Waals surface area (Å²) in [5, 5.41) is 0.524. The van der Waals surface area contributed by atoms with E-state index in [9.17, 15) is 28.8 Å². The normalized spacial score (nSPS) is 10.6. The number of H-pyrrole nitrogens is 2. The van der Waals surface area contributed by atoms with Gasteiger partial charge in [-0.05, 0) is 46.2 Å². The fraction of sp³-hybridized carbons (Fsp3) is 0.316. The van der Waals surface area contributed by atoms with Crippen molar-refractivity contribution >= 4 is 47.6 Å². The molecule has 53 heavy (non-hydrogen) atoms. The minimum atomic E-state index is -0.753. The Labute approximate surface area is 309 Å². The number of benzene rings is 2. The van der Waals surface area contributed by atoms with Crippen molar-refractivity contribution in [3.63, 3.8) is 0 Å². The summed E-state index contributed by atoms with van der Waals surface area (Å²) in [7, 11) is 4.90. The van der Waals surface area contributed by atoms with Gasteiger partial charge in [0.1, 0.15) is 24.6 Å². The fourth-order valence-corrected chi connectivity index (χ4v) is 6.48. The molecule has 0 spiro atoms. The summed E-state index contributed by atoms with van der Waals surface area (Å²) in [6.07, 6.45) is -0.897. The maximum atomic E-state index is 13.6. The predicted octanol–water partition coefficient (Wildman–Crippen LogP) is 4.85. The van der Waals surface area contributed by atoms with Crippen LogP contribution in [0.1, 0.15) is 67.2 Å². The monoisotopic (exact) mass is 748 g/mol. The summed E-state index contributed by atoms with van der Waals surface area (Å²) in [6.45, 7) is -0.107. The second-order valence-electron chi connectivity index (χ2n) is 11.5. The van der Waals surface area contributed by atoms with Crippen molar-refractivity contribution in [1.29, 1.82) is 0 Å². The van der Waals surface area contributed by atoms with Gasteiger partial charge in [0.2, 0.25) is 0 Å². The highest BCUT2D eigenvalue weighted by Gasteiger charge is 2.30. The highest BCUT2D eigenvalue weighted by atomic mass is 32.2. The first kappa shape index (κ1) is 39.9. The van der Waals surface area contributed by atoms with Crippen molar-refractivity contribution in [2.45, 2.75) is 61.8 Å². The number of carbonyl (C=O) groups is 6. The number of aromatic amines is 2. The topological polar surface area (TPSA) is 189 Å². The van der Waals surface area contributed by atoms with Crippen LogP contribution in [0.15, 0.2) is 70.7 Å². The van der Waals surface area contributed by atoms with Gasteiger partial charge in [0.15, 0.2) is 0 Å². The molecule has 2 aromatic heterocycles. The van der Waals surface area contributed by atoms with Crippen molar-refractivity contribution < 1.29 is 57.2 Å². The van der Waals surface area contributed by atoms with Crippen LogP contribution < -0.4 is 0 Å². The third-order valence-electron chi connectivity index (χ3n) is 8.11. The largest absolute Gasteiger partial charge is 0.469 e. The quantitative estimate of drug-likeness (QED) is 0.104. The molecule has 0 amide bonds. The van der Waals surface area contributed by atoms with Crippen molar-refractivity contribution in [3.8, 4) is 0 Å². The molecular weight excluding hydrogens is 708 g/mol. The summed E-state index contributed by atoms with van der Waals surface area (Å²) < 4.78 is 30.8. The van der Waals surface area contributed by atoms with E-state index in [-0.39, 0.29) is 73.2 Å². The van der Waals surface area contributed by atoms with Crippen LogP contribution in [-0.2, 0) is 86.5 Å². The highest BCUT2D eigenvalue weighted by Crippen LogP contribution is 2.39. The average Bonchev–Trinajstić information content (AvgIpc) is 3.70. The van der Waals surface area contributed by atoms with Crippen LogP contribution in [0.4, 0.5) is 0 Å². The maximum Gasteiger partial charge on any atom is 0.355 e. The molecule has 0 bridgehead atoms. The Balaban J connectivity index is 1.83. The number of nitrogens with one attached hydrogen (secondary N) is 2. The van der Waals surface area contributed by atoms with Crippen LogP contribution in [0.3, 0.4) is 0 Å². The number of hydrogen-bond acceptors (Lipinski definition) is 13. The van der Waals surface area contributed by atoms with Gasteiger partial charge in [0.05, 0.1) is 51.3 Å². The summed E-state index contributed by atoms with van der Waals surface area (Å²) in [6, 6.07) is 18.0. The van der Waals surface area contributed by atoms with Gasteiger partial charge in [0.25, 0.3) is 0 Å². The van der Waals surface area contributed by atoms with E-state index >= 15 is 0 Å². The van der Waals surface area contributed by atoms with Crippen LogP contribution in [0, 0.1) is 0 Å². The molecule has 0 saturated heterocycles. The Morgan fingerprint density at radius 1 is 0.509 bits per heavy atom. The molecular formula is C38H40N2O12S. The number of rotatable bonds is 18. The molecule has 0 atom stereocenters. The van der Waals surface area contributed by atoms with Gasteiger partial charge in [-0.2, -0.15) is 0 Å². The first-order valence-corrected chi connectivity index (χ1v) is 17.2. The number of ether oxygens (including phenoxy) is 6. The third kappa shape index (κ3) is 11.1. The van der Waals surface area contributed by atoms with Gasteiger partial charge in [-0.25, -0.2) is 9.59 Å². The second kappa shape index (κ2) is 19.7. The Bertz CT molecular complexity index is 1780. The molecule has 0 radical (unpaired) electrons. The van der Waals surface area contributed by atoms with E-state index in [1.165, 1.54) is 28.4 Å². The average molecular weight is 749 g/mol. The lowest BCUT2D eigenvalue weighted by Crippen LogP contribution is -2.12. The Kier molecular flexibility index (Phi) is 14.8. The summed E-state index contributed by atoms with van der Waals surface area (Å²) in [5.41, 5.74) is 2.71. The number of carbonyl (C=O) groups excluding carboxylic acids is 6. The Morgan fingerprint density at radius 2 is 0.868 bits per heavy atom. The van der Waals surface area contributed by atoms with E-state index in [4.69, 9.17) is 28.4 Å². The van der Waals surface area contributed by atoms with E-state index < -0.39 is 35.8 Å². The van der Waals surface area contributed by atoms with E-state index in [2.05, 4.69) is 9.97 Å². The molecule has 280 valence electrons. The van der Waals surface area contributed by atoms with Gasteiger partial charge >= 0.3 is 35.8 Å². The number of aromatic nitrogens is 2. The summed E-state index contributed by atoms with van der Waals surface area (Å²) >= 11 is 0.985. The molecule has 0 saturated carbocycles. The predicted molar refractivity (Wildman–Crippen MR) is 189 cm³/mol. The molecule has 14 nitrogen and oxygen atoms in total. The van der Waals surface area contributed by atoms with E-state index in [1.807, 2.05) is 12.1 Å². The highest BCUT2D eigenvalue weighted by molar-refractivity contribution is 7.99. The van der Waals surface area contributed by atoms with Crippen molar-refractivity contribution in [2.24, 2.45) is 0 Å². The minimum Gasteiger partial charge on any atom is -0.469 e. The van der Waals surface area contributed by atoms with Gasteiger partial charge in [0, 0.05) is 12.8 Å². The molecule has 4 rings (SSSR count). The van der Waals surface area contributed by atoms with Crippen LogP contribution in [0.25, 0.3) is 0 Å². The maximum absolute atomic E-state index is 13.6. The molecule has 2 N–H and O–H groups in total. The molecule has 0 unspecified atom stereocenters. The van der Waals surface area contributed by atoms with Gasteiger partial charge in [-0.1, -0.05) is 72.4 Å². The zero-order valence-corrected chi connectivity index (χ0v) is 30.6. The van der Waals surface area contributed by atoms with Crippen molar-refractivity contribution in [1.82, 2.24) is 9.97 Å². The van der Waals surface area contributed by atoms with E-state index in [1.54, 1.807) is 48.5 Å². The Morgan fingerprint density at radius 3 is 1.21 bits per heavy atom. The standard InChI is InChI=1S/C38H40N2O12S/c1-47-29(41)17-15-25-27(19-31(43)49-3)35(39-33(25)37(45)51-21-23-11-7-5-8-12-23)53-36-28(20-32(44)50-4)26(16-18-30(42)48-2)34(40-36)38(46)52-22-24-13-9-6-10-14-24/h5-14,39-40H,15-22H2,1-4H3. The Hall–Kier alpha value is -5.83. The van der Waals surface area contributed by atoms with E-state index in [0.29, 0.717) is 22.3 Å². The molecule has 4 aromatic rings.